The highest BCUT2D eigenvalue weighted by Crippen LogP contribution is 2.34. The van der Waals surface area contributed by atoms with Crippen molar-refractivity contribution in [1.29, 1.82) is 0 Å². The lowest BCUT2D eigenvalue weighted by Gasteiger charge is -2.14. The summed E-state index contributed by atoms with van der Waals surface area (Å²) in [6.45, 7) is 3.90. The van der Waals surface area contributed by atoms with E-state index < -0.39 is 36.1 Å². The van der Waals surface area contributed by atoms with E-state index in [1.54, 1.807) is 18.2 Å². The maximum Gasteiger partial charge on any atom is 0.418 e. The van der Waals surface area contributed by atoms with Crippen molar-refractivity contribution >= 4 is 29.6 Å². The van der Waals surface area contributed by atoms with Gasteiger partial charge < -0.3 is 20.1 Å². The van der Waals surface area contributed by atoms with Crippen molar-refractivity contribution in [3.8, 4) is 5.75 Å². The van der Waals surface area contributed by atoms with E-state index in [-0.39, 0.29) is 24.1 Å². The Labute approximate surface area is 206 Å². The predicted molar refractivity (Wildman–Crippen MR) is 126 cm³/mol. The summed E-state index contributed by atoms with van der Waals surface area (Å²) in [4.78, 5) is 35.8. The number of para-hydroxylation sites is 2. The maximum absolute atomic E-state index is 13.1. The molecule has 0 aliphatic rings. The third kappa shape index (κ3) is 9.74. The summed E-state index contributed by atoms with van der Waals surface area (Å²) >= 11 is 0. The summed E-state index contributed by atoms with van der Waals surface area (Å²) < 4.78 is 50.0. The van der Waals surface area contributed by atoms with Crippen LogP contribution in [0.4, 0.5) is 18.9 Å². The van der Waals surface area contributed by atoms with Crippen LogP contribution in [-0.4, -0.2) is 49.8 Å². The Kier molecular flexibility index (Phi) is 10.9. The second-order valence-electron chi connectivity index (χ2n) is 7.65. The molecule has 0 fully saturated rings. The number of benzene rings is 2. The summed E-state index contributed by atoms with van der Waals surface area (Å²) in [5.74, 6) is -2.46. The first kappa shape index (κ1) is 28.3. The fourth-order valence-electron chi connectivity index (χ4n) is 2.77. The van der Waals surface area contributed by atoms with Crippen molar-refractivity contribution in [3.05, 3.63) is 59.7 Å². The van der Waals surface area contributed by atoms with Gasteiger partial charge in [0.1, 0.15) is 5.75 Å². The topological polar surface area (TPSA) is 118 Å². The number of hydrogen-bond acceptors (Lipinski definition) is 6. The number of ether oxygens (including phenoxy) is 2. The molecule has 2 aromatic rings. The Morgan fingerprint density at radius 3 is 2.44 bits per heavy atom. The average molecular weight is 508 g/mol. The first-order valence-electron chi connectivity index (χ1n) is 11.0. The molecule has 3 amide bonds. The Morgan fingerprint density at radius 1 is 1.03 bits per heavy atom. The van der Waals surface area contributed by atoms with E-state index in [0.29, 0.717) is 18.6 Å². The van der Waals surface area contributed by atoms with Gasteiger partial charge in [0.25, 0.3) is 5.91 Å². The number of hydrogen-bond donors (Lipinski definition) is 3. The number of rotatable bonds is 11. The number of hydrazone groups is 1. The minimum absolute atomic E-state index is 0.0747. The number of alkyl halides is 3. The molecule has 0 unspecified atom stereocenters. The number of carbonyl (C=O) groups is 3. The Bertz CT molecular complexity index is 1070. The van der Waals surface area contributed by atoms with Gasteiger partial charge in [0.2, 0.25) is 0 Å². The lowest BCUT2D eigenvalue weighted by Crippen LogP contribution is -2.38. The SMILES string of the molecule is CC(C)OCCCNC(=O)C(=O)N/N=C\c1ccccc1OCC(=O)Nc1ccccc1C(F)(F)F. The third-order valence-electron chi connectivity index (χ3n) is 4.42. The van der Waals surface area contributed by atoms with Crippen LogP contribution in [0.1, 0.15) is 31.4 Å². The van der Waals surface area contributed by atoms with Crippen LogP contribution in [0.3, 0.4) is 0 Å². The normalized spacial score (nSPS) is 11.4. The summed E-state index contributed by atoms with van der Waals surface area (Å²) in [5.41, 5.74) is 1.07. The predicted octanol–water partition coefficient (Wildman–Crippen LogP) is 3.10. The standard InChI is InChI=1S/C24H27F3N4O5/c1-16(2)35-13-7-12-28-22(33)23(34)31-29-14-17-8-3-6-11-20(17)36-15-21(32)30-19-10-5-4-9-18(19)24(25,26)27/h3-6,8-11,14,16H,7,12-13,15H2,1-2H3,(H,28,33)(H,30,32)(H,31,34)/b29-14-. The molecule has 0 heterocycles. The molecule has 2 rings (SSSR count). The van der Waals surface area contributed by atoms with Crippen molar-refractivity contribution in [3.63, 3.8) is 0 Å². The summed E-state index contributed by atoms with van der Waals surface area (Å²) in [6.07, 6.45) is -2.81. The van der Waals surface area contributed by atoms with Crippen molar-refractivity contribution < 1.29 is 37.0 Å². The molecule has 0 bridgehead atoms. The number of nitrogens with zero attached hydrogens (tertiary/aromatic N) is 1. The fraction of sp³-hybridized carbons (Fsp3) is 0.333. The molecule has 0 saturated heterocycles. The lowest BCUT2D eigenvalue weighted by molar-refractivity contribution is -0.139. The van der Waals surface area contributed by atoms with Crippen molar-refractivity contribution in [2.24, 2.45) is 5.10 Å². The Hall–Kier alpha value is -3.93. The Balaban J connectivity index is 1.87. The van der Waals surface area contributed by atoms with Gasteiger partial charge in [-0.3, -0.25) is 14.4 Å². The minimum Gasteiger partial charge on any atom is -0.483 e. The molecule has 0 atom stereocenters. The second-order valence-corrected chi connectivity index (χ2v) is 7.65. The van der Waals surface area contributed by atoms with Crippen LogP contribution in [0.15, 0.2) is 53.6 Å². The number of carbonyl (C=O) groups excluding carboxylic acids is 3. The van der Waals surface area contributed by atoms with E-state index in [0.717, 1.165) is 12.1 Å². The lowest BCUT2D eigenvalue weighted by atomic mass is 10.1. The van der Waals surface area contributed by atoms with Gasteiger partial charge in [0, 0.05) is 18.7 Å². The zero-order chi connectivity index (χ0) is 26.6. The van der Waals surface area contributed by atoms with Gasteiger partial charge in [-0.1, -0.05) is 24.3 Å². The molecule has 0 radical (unpaired) electrons. The molecule has 0 aromatic heterocycles. The van der Waals surface area contributed by atoms with Crippen molar-refractivity contribution in [2.45, 2.75) is 32.5 Å². The van der Waals surface area contributed by atoms with E-state index >= 15 is 0 Å². The quantitative estimate of drug-likeness (QED) is 0.187. The van der Waals surface area contributed by atoms with Crippen LogP contribution in [-0.2, 0) is 25.3 Å². The van der Waals surface area contributed by atoms with E-state index in [2.05, 4.69) is 21.2 Å². The van der Waals surface area contributed by atoms with Gasteiger partial charge >= 0.3 is 18.0 Å². The van der Waals surface area contributed by atoms with Gasteiger partial charge in [0.15, 0.2) is 6.61 Å². The number of halogens is 3. The van der Waals surface area contributed by atoms with E-state index in [9.17, 15) is 27.6 Å². The minimum atomic E-state index is -4.63. The van der Waals surface area contributed by atoms with Crippen LogP contribution >= 0.6 is 0 Å². The first-order valence-corrected chi connectivity index (χ1v) is 11.0. The maximum atomic E-state index is 13.1. The fourth-order valence-corrected chi connectivity index (χ4v) is 2.77. The largest absolute Gasteiger partial charge is 0.483 e. The average Bonchev–Trinajstić information content (AvgIpc) is 2.82. The van der Waals surface area contributed by atoms with Gasteiger partial charge in [-0.25, -0.2) is 5.43 Å². The highest BCUT2D eigenvalue weighted by Gasteiger charge is 2.33. The molecule has 2 aromatic carbocycles. The Morgan fingerprint density at radius 2 is 1.72 bits per heavy atom. The molecule has 0 spiro atoms. The van der Waals surface area contributed by atoms with Crippen LogP contribution in [0.2, 0.25) is 0 Å². The van der Waals surface area contributed by atoms with Gasteiger partial charge in [-0.2, -0.15) is 18.3 Å². The molecule has 0 aliphatic heterocycles. The smallest absolute Gasteiger partial charge is 0.418 e. The third-order valence-corrected chi connectivity index (χ3v) is 4.42. The van der Waals surface area contributed by atoms with Crippen molar-refractivity contribution in [1.82, 2.24) is 10.7 Å². The molecule has 194 valence electrons. The van der Waals surface area contributed by atoms with E-state index in [1.807, 2.05) is 13.8 Å². The monoisotopic (exact) mass is 508 g/mol. The molecule has 0 saturated carbocycles. The highest BCUT2D eigenvalue weighted by molar-refractivity contribution is 6.35. The summed E-state index contributed by atoms with van der Waals surface area (Å²) in [5, 5.41) is 8.33. The van der Waals surface area contributed by atoms with Crippen LogP contribution in [0.25, 0.3) is 0 Å². The first-order chi connectivity index (χ1) is 17.1. The molecule has 9 nitrogen and oxygen atoms in total. The van der Waals surface area contributed by atoms with Gasteiger partial charge in [-0.05, 0) is 44.5 Å². The molecule has 36 heavy (non-hydrogen) atoms. The van der Waals surface area contributed by atoms with Crippen LogP contribution < -0.4 is 20.8 Å². The van der Waals surface area contributed by atoms with Crippen LogP contribution in [0, 0.1) is 0 Å². The highest BCUT2D eigenvalue weighted by atomic mass is 19.4. The molecule has 12 heteroatoms. The molecular formula is C24H27F3N4O5. The number of nitrogens with one attached hydrogen (secondary N) is 3. The van der Waals surface area contributed by atoms with Gasteiger partial charge in [0.05, 0.1) is 23.6 Å². The summed E-state index contributed by atoms with van der Waals surface area (Å²) in [6, 6.07) is 10.9. The number of amides is 3. The van der Waals surface area contributed by atoms with Crippen molar-refractivity contribution in [2.75, 3.05) is 25.1 Å². The zero-order valence-corrected chi connectivity index (χ0v) is 19.7. The summed E-state index contributed by atoms with van der Waals surface area (Å²) in [7, 11) is 0. The van der Waals surface area contributed by atoms with Gasteiger partial charge in [-0.15, -0.1) is 0 Å². The zero-order valence-electron chi connectivity index (χ0n) is 19.7. The number of anilines is 1. The van der Waals surface area contributed by atoms with Crippen LogP contribution in [0.5, 0.6) is 5.75 Å². The van der Waals surface area contributed by atoms with E-state index in [1.165, 1.54) is 24.4 Å². The molecule has 3 N–H and O–H groups in total. The van der Waals surface area contributed by atoms with E-state index in [4.69, 9.17) is 9.47 Å². The molecular weight excluding hydrogens is 481 g/mol. The molecule has 0 aliphatic carbocycles. The second kappa shape index (κ2) is 13.8.